The van der Waals surface area contributed by atoms with Gasteiger partial charge in [-0.1, -0.05) is 11.6 Å². The van der Waals surface area contributed by atoms with Crippen molar-refractivity contribution in [3.63, 3.8) is 0 Å². The van der Waals surface area contributed by atoms with Crippen molar-refractivity contribution in [2.75, 3.05) is 6.61 Å². The molecule has 14 heavy (non-hydrogen) atoms. The Balaban J connectivity index is 2.22. The number of hydrogen-bond donors (Lipinski definition) is 1. The fourth-order valence-corrected chi connectivity index (χ4v) is 3.05. The van der Waals surface area contributed by atoms with Crippen LogP contribution < -0.4 is 0 Å². The van der Waals surface area contributed by atoms with Gasteiger partial charge in [-0.25, -0.2) is 0 Å². The van der Waals surface area contributed by atoms with Crippen LogP contribution in [0.5, 0.6) is 0 Å². The summed E-state index contributed by atoms with van der Waals surface area (Å²) in [5.74, 6) is 0. The zero-order valence-electron chi connectivity index (χ0n) is 7.17. The molecule has 2 rings (SSSR count). The second kappa shape index (κ2) is 4.23. The van der Waals surface area contributed by atoms with Crippen molar-refractivity contribution in [3.05, 3.63) is 31.6 Å². The number of aliphatic hydroxyl groups is 1. The highest BCUT2D eigenvalue weighted by Crippen LogP contribution is 2.38. The second-order valence-electron chi connectivity index (χ2n) is 2.99. The molecule has 0 saturated heterocycles. The molecule has 5 heteroatoms. The number of hydrogen-bond acceptors (Lipinski definition) is 3. The molecule has 1 aliphatic heterocycles. The van der Waals surface area contributed by atoms with Gasteiger partial charge < -0.3 is 9.84 Å². The average Bonchev–Trinajstić information content (AvgIpc) is 2.76. The largest absolute Gasteiger partial charge is 0.501 e. The molecule has 1 aromatic rings. The summed E-state index contributed by atoms with van der Waals surface area (Å²) in [5.41, 5.74) is 0.912. The van der Waals surface area contributed by atoms with Crippen LogP contribution >= 0.6 is 38.9 Å². The monoisotopic (exact) mass is 294 g/mol. The van der Waals surface area contributed by atoms with Crippen molar-refractivity contribution >= 4 is 38.9 Å². The number of aliphatic hydroxyl groups excluding tert-OH is 1. The number of ether oxygens (including phenoxy) is 1. The molecule has 0 radical (unpaired) electrons. The molecule has 1 atom stereocenters. The van der Waals surface area contributed by atoms with Crippen molar-refractivity contribution in [2.45, 2.75) is 12.5 Å². The normalized spacial score (nSPS) is 17.8. The summed E-state index contributed by atoms with van der Waals surface area (Å²) in [5, 5.41) is 9.94. The zero-order valence-corrected chi connectivity index (χ0v) is 10.3. The molecule has 1 aliphatic rings. The number of halogens is 2. The first kappa shape index (κ1) is 10.5. The maximum Gasteiger partial charge on any atom is 0.113 e. The van der Waals surface area contributed by atoms with E-state index in [0.717, 1.165) is 21.3 Å². The Hall–Kier alpha value is -0.0300. The molecule has 2 heterocycles. The number of rotatable bonds is 2. The van der Waals surface area contributed by atoms with E-state index in [9.17, 15) is 5.11 Å². The van der Waals surface area contributed by atoms with E-state index in [4.69, 9.17) is 16.3 Å². The summed E-state index contributed by atoms with van der Waals surface area (Å²) in [4.78, 5) is 0.846. The summed E-state index contributed by atoms with van der Waals surface area (Å²) in [6, 6.07) is 1.84. The van der Waals surface area contributed by atoms with Crippen LogP contribution in [0.1, 0.15) is 17.4 Å². The Morgan fingerprint density at radius 2 is 2.43 bits per heavy atom. The Morgan fingerprint density at radius 1 is 1.64 bits per heavy atom. The maximum atomic E-state index is 9.94. The van der Waals surface area contributed by atoms with Crippen molar-refractivity contribution in [2.24, 2.45) is 0 Å². The van der Waals surface area contributed by atoms with E-state index >= 15 is 0 Å². The van der Waals surface area contributed by atoms with E-state index in [0.29, 0.717) is 10.9 Å². The zero-order chi connectivity index (χ0) is 10.1. The second-order valence-corrected chi connectivity index (χ2v) is 5.53. The smallest absolute Gasteiger partial charge is 0.113 e. The standard InChI is InChI=1S/C9H8BrClO2S/c10-6-3-7(14-9(6)11)8(12)5-1-2-13-4-5/h3-4,8,12H,1-2H2. The molecule has 0 aliphatic carbocycles. The lowest BCUT2D eigenvalue weighted by molar-refractivity contribution is 0.217. The lowest BCUT2D eigenvalue weighted by atomic mass is 10.1. The molecule has 1 unspecified atom stereocenters. The van der Waals surface area contributed by atoms with Gasteiger partial charge in [0.05, 0.1) is 12.9 Å². The Morgan fingerprint density at radius 3 is 2.93 bits per heavy atom. The lowest BCUT2D eigenvalue weighted by Gasteiger charge is -2.06. The fourth-order valence-electron chi connectivity index (χ4n) is 1.28. The van der Waals surface area contributed by atoms with E-state index in [1.165, 1.54) is 11.3 Å². The molecular formula is C9H8BrClO2S. The summed E-state index contributed by atoms with van der Waals surface area (Å²) >= 11 is 10.6. The van der Waals surface area contributed by atoms with Gasteiger partial charge in [0.2, 0.25) is 0 Å². The van der Waals surface area contributed by atoms with Crippen LogP contribution in [0.15, 0.2) is 22.4 Å². The van der Waals surface area contributed by atoms with E-state index in [2.05, 4.69) is 15.9 Å². The lowest BCUT2D eigenvalue weighted by Crippen LogP contribution is -1.97. The van der Waals surface area contributed by atoms with E-state index < -0.39 is 6.10 Å². The average molecular weight is 296 g/mol. The topological polar surface area (TPSA) is 29.5 Å². The van der Waals surface area contributed by atoms with Gasteiger partial charge in [-0.2, -0.15) is 0 Å². The van der Waals surface area contributed by atoms with Gasteiger partial charge in [0, 0.05) is 21.3 Å². The first-order valence-electron chi connectivity index (χ1n) is 4.12. The van der Waals surface area contributed by atoms with Gasteiger partial charge in [0.1, 0.15) is 10.4 Å². The Bertz CT molecular complexity index is 355. The first-order chi connectivity index (χ1) is 6.68. The predicted octanol–water partition coefficient (Wildman–Crippen LogP) is 3.50. The summed E-state index contributed by atoms with van der Waals surface area (Å²) in [7, 11) is 0. The van der Waals surface area contributed by atoms with Crippen LogP contribution in [-0.4, -0.2) is 11.7 Å². The molecule has 76 valence electrons. The van der Waals surface area contributed by atoms with Gasteiger partial charge in [-0.3, -0.25) is 0 Å². The highest BCUT2D eigenvalue weighted by molar-refractivity contribution is 9.10. The van der Waals surface area contributed by atoms with Crippen molar-refractivity contribution in [1.29, 1.82) is 0 Å². The molecule has 0 bridgehead atoms. The molecular weight excluding hydrogens is 288 g/mol. The third-order valence-electron chi connectivity index (χ3n) is 2.03. The highest BCUT2D eigenvalue weighted by atomic mass is 79.9. The van der Waals surface area contributed by atoms with Crippen LogP contribution in [-0.2, 0) is 4.74 Å². The van der Waals surface area contributed by atoms with Crippen LogP contribution in [0.4, 0.5) is 0 Å². The van der Waals surface area contributed by atoms with Crippen LogP contribution in [0, 0.1) is 0 Å². The van der Waals surface area contributed by atoms with Gasteiger partial charge >= 0.3 is 0 Å². The predicted molar refractivity (Wildman–Crippen MR) is 60.6 cm³/mol. The summed E-state index contributed by atoms with van der Waals surface area (Å²) < 4.78 is 6.57. The molecule has 0 fully saturated rings. The minimum atomic E-state index is -0.578. The van der Waals surface area contributed by atoms with Gasteiger partial charge in [0.25, 0.3) is 0 Å². The number of thiophene rings is 1. The van der Waals surface area contributed by atoms with Crippen molar-refractivity contribution in [1.82, 2.24) is 0 Å². The molecule has 0 saturated carbocycles. The minimum absolute atomic E-state index is 0.578. The van der Waals surface area contributed by atoms with Gasteiger partial charge in [-0.15, -0.1) is 11.3 Å². The van der Waals surface area contributed by atoms with Crippen LogP contribution in [0.3, 0.4) is 0 Å². The van der Waals surface area contributed by atoms with Crippen LogP contribution in [0.25, 0.3) is 0 Å². The quantitative estimate of drug-likeness (QED) is 0.905. The summed E-state index contributed by atoms with van der Waals surface area (Å²) in [6.45, 7) is 0.659. The van der Waals surface area contributed by atoms with E-state index in [1.807, 2.05) is 6.07 Å². The first-order valence-corrected chi connectivity index (χ1v) is 6.10. The molecule has 0 amide bonds. The molecule has 1 aromatic heterocycles. The minimum Gasteiger partial charge on any atom is -0.501 e. The van der Waals surface area contributed by atoms with Crippen molar-refractivity contribution < 1.29 is 9.84 Å². The molecule has 0 aromatic carbocycles. The van der Waals surface area contributed by atoms with Crippen LogP contribution in [0.2, 0.25) is 4.34 Å². The third-order valence-corrected chi connectivity index (χ3v) is 4.56. The molecule has 1 N–H and O–H groups in total. The summed E-state index contributed by atoms with van der Waals surface area (Å²) in [6.07, 6.45) is 1.84. The maximum absolute atomic E-state index is 9.94. The molecule has 0 spiro atoms. The van der Waals surface area contributed by atoms with Gasteiger partial charge in [-0.05, 0) is 22.0 Å². The fraction of sp³-hybridized carbons (Fsp3) is 0.333. The SMILES string of the molecule is OC(C1=COCC1)c1cc(Br)c(Cl)s1. The molecule has 2 nitrogen and oxygen atoms in total. The Kier molecular flexibility index (Phi) is 3.17. The van der Waals surface area contributed by atoms with E-state index in [-0.39, 0.29) is 0 Å². The van der Waals surface area contributed by atoms with Crippen molar-refractivity contribution in [3.8, 4) is 0 Å². The van der Waals surface area contributed by atoms with E-state index in [1.54, 1.807) is 6.26 Å². The third kappa shape index (κ3) is 1.98. The van der Waals surface area contributed by atoms with Gasteiger partial charge in [0.15, 0.2) is 0 Å². The Labute approximate surface area is 99.3 Å². The highest BCUT2D eigenvalue weighted by Gasteiger charge is 2.20.